The maximum atomic E-state index is 11.3. The van der Waals surface area contributed by atoms with Crippen LogP contribution in [0.2, 0.25) is 0 Å². The van der Waals surface area contributed by atoms with E-state index in [2.05, 4.69) is 10.2 Å². The van der Waals surface area contributed by atoms with Crippen molar-refractivity contribution < 1.29 is 4.42 Å². The van der Waals surface area contributed by atoms with Gasteiger partial charge in [0.05, 0.1) is 5.69 Å². The van der Waals surface area contributed by atoms with E-state index < -0.39 is 5.76 Å². The minimum Gasteiger partial charge on any atom is -0.386 e. The molecule has 6 heteroatoms. The maximum Gasteiger partial charge on any atom is 0.437 e. The first-order valence-electron chi connectivity index (χ1n) is 5.81. The number of aryl methyl sites for hydroxylation is 2. The van der Waals surface area contributed by atoms with Gasteiger partial charge in [-0.25, -0.2) is 9.48 Å². The first-order valence-corrected chi connectivity index (χ1v) is 5.81. The van der Waals surface area contributed by atoms with E-state index in [0.29, 0.717) is 5.69 Å². The summed E-state index contributed by atoms with van der Waals surface area (Å²) in [6, 6.07) is 9.72. The minimum atomic E-state index is -0.497. The standard InChI is InChI=1S/C13H12N4O2/c1-9-8-17(10-6-4-3-5-7-10)14-11(9)12-15-16(2)13(18)19-12/h3-8H,1-2H3. The Morgan fingerprint density at radius 2 is 1.89 bits per heavy atom. The molecule has 0 spiro atoms. The van der Waals surface area contributed by atoms with E-state index in [1.54, 1.807) is 11.7 Å². The molecule has 19 heavy (non-hydrogen) atoms. The number of benzene rings is 1. The van der Waals surface area contributed by atoms with Crippen molar-refractivity contribution >= 4 is 0 Å². The van der Waals surface area contributed by atoms with Crippen LogP contribution in [0.3, 0.4) is 0 Å². The number of nitrogens with zero attached hydrogens (tertiary/aromatic N) is 4. The van der Waals surface area contributed by atoms with Crippen LogP contribution in [0.25, 0.3) is 17.3 Å². The summed E-state index contributed by atoms with van der Waals surface area (Å²) in [5, 5.41) is 8.42. The first-order chi connectivity index (χ1) is 9.15. The van der Waals surface area contributed by atoms with Gasteiger partial charge >= 0.3 is 5.76 Å². The fourth-order valence-corrected chi connectivity index (χ4v) is 1.83. The highest BCUT2D eigenvalue weighted by atomic mass is 16.4. The molecule has 0 aliphatic carbocycles. The van der Waals surface area contributed by atoms with Crippen molar-refractivity contribution in [2.45, 2.75) is 6.92 Å². The minimum absolute atomic E-state index is 0.236. The van der Waals surface area contributed by atoms with Crippen molar-refractivity contribution in [2.75, 3.05) is 0 Å². The van der Waals surface area contributed by atoms with Gasteiger partial charge in [0.1, 0.15) is 0 Å². The number of hydrogen-bond acceptors (Lipinski definition) is 4. The Balaban J connectivity index is 2.10. The molecule has 96 valence electrons. The van der Waals surface area contributed by atoms with Crippen molar-refractivity contribution in [1.82, 2.24) is 19.6 Å². The summed E-state index contributed by atoms with van der Waals surface area (Å²) in [7, 11) is 1.54. The lowest BCUT2D eigenvalue weighted by molar-refractivity contribution is 0.503. The zero-order valence-corrected chi connectivity index (χ0v) is 10.6. The summed E-state index contributed by atoms with van der Waals surface area (Å²) in [5.74, 6) is -0.261. The molecule has 0 radical (unpaired) electrons. The van der Waals surface area contributed by atoms with E-state index in [0.717, 1.165) is 15.9 Å². The SMILES string of the molecule is Cc1cn(-c2ccccc2)nc1-c1nn(C)c(=O)o1. The highest BCUT2D eigenvalue weighted by molar-refractivity contribution is 5.52. The van der Waals surface area contributed by atoms with Gasteiger partial charge in [0.2, 0.25) is 0 Å². The van der Waals surface area contributed by atoms with Crippen molar-refractivity contribution in [3.05, 3.63) is 52.6 Å². The van der Waals surface area contributed by atoms with Gasteiger partial charge in [-0.2, -0.15) is 9.78 Å². The van der Waals surface area contributed by atoms with Gasteiger partial charge in [-0.3, -0.25) is 0 Å². The molecule has 0 N–H and O–H groups in total. The predicted octanol–water partition coefficient (Wildman–Crippen LogP) is 1.53. The van der Waals surface area contributed by atoms with Gasteiger partial charge in [0, 0.05) is 18.8 Å². The van der Waals surface area contributed by atoms with Gasteiger partial charge < -0.3 is 4.42 Å². The monoisotopic (exact) mass is 256 g/mol. The molecular weight excluding hydrogens is 244 g/mol. The second kappa shape index (κ2) is 4.24. The van der Waals surface area contributed by atoms with Gasteiger partial charge in [-0.15, -0.1) is 5.10 Å². The van der Waals surface area contributed by atoms with Gasteiger partial charge in [-0.05, 0) is 19.1 Å². The zero-order chi connectivity index (χ0) is 13.4. The Morgan fingerprint density at radius 3 is 2.53 bits per heavy atom. The Hall–Kier alpha value is -2.63. The molecule has 0 aliphatic heterocycles. The van der Waals surface area contributed by atoms with Crippen molar-refractivity contribution in [3.8, 4) is 17.3 Å². The van der Waals surface area contributed by atoms with Crippen LogP contribution in [0, 0.1) is 6.92 Å². The van der Waals surface area contributed by atoms with E-state index >= 15 is 0 Å². The molecule has 0 amide bonds. The summed E-state index contributed by atoms with van der Waals surface area (Å²) in [6.07, 6.45) is 1.87. The highest BCUT2D eigenvalue weighted by Crippen LogP contribution is 2.19. The summed E-state index contributed by atoms with van der Waals surface area (Å²) < 4.78 is 7.94. The van der Waals surface area contributed by atoms with Gasteiger partial charge in [-0.1, -0.05) is 18.2 Å². The molecule has 0 bridgehead atoms. The lowest BCUT2D eigenvalue weighted by Gasteiger charge is -1.98. The maximum absolute atomic E-state index is 11.3. The molecule has 0 unspecified atom stereocenters. The average molecular weight is 256 g/mol. The molecule has 0 saturated heterocycles. The molecule has 3 aromatic rings. The summed E-state index contributed by atoms with van der Waals surface area (Å²) in [6.45, 7) is 1.90. The molecule has 0 saturated carbocycles. The van der Waals surface area contributed by atoms with Crippen LogP contribution in [0.15, 0.2) is 45.7 Å². The molecule has 2 aromatic heterocycles. The Kier molecular flexibility index (Phi) is 2.56. The fraction of sp³-hybridized carbons (Fsp3) is 0.154. The zero-order valence-electron chi connectivity index (χ0n) is 10.6. The lowest BCUT2D eigenvalue weighted by atomic mass is 10.3. The predicted molar refractivity (Wildman–Crippen MR) is 69.0 cm³/mol. The fourth-order valence-electron chi connectivity index (χ4n) is 1.83. The third-order valence-corrected chi connectivity index (χ3v) is 2.81. The first kappa shape index (κ1) is 11.5. The molecule has 2 heterocycles. The van der Waals surface area contributed by atoms with Crippen LogP contribution in [0.1, 0.15) is 5.56 Å². The van der Waals surface area contributed by atoms with Crippen molar-refractivity contribution in [3.63, 3.8) is 0 Å². The van der Waals surface area contributed by atoms with E-state index in [9.17, 15) is 4.79 Å². The quantitative estimate of drug-likeness (QED) is 0.697. The molecule has 3 rings (SSSR count). The number of aromatic nitrogens is 4. The molecule has 1 aromatic carbocycles. The van der Waals surface area contributed by atoms with Gasteiger partial charge in [0.15, 0.2) is 5.69 Å². The van der Waals surface area contributed by atoms with Crippen LogP contribution < -0.4 is 5.76 Å². The molecule has 0 atom stereocenters. The Morgan fingerprint density at radius 1 is 1.16 bits per heavy atom. The molecule has 0 aliphatic rings. The summed E-state index contributed by atoms with van der Waals surface area (Å²) >= 11 is 0. The number of rotatable bonds is 2. The summed E-state index contributed by atoms with van der Waals surface area (Å²) in [4.78, 5) is 11.3. The van der Waals surface area contributed by atoms with Crippen LogP contribution in [-0.2, 0) is 7.05 Å². The normalized spacial score (nSPS) is 10.8. The van der Waals surface area contributed by atoms with Crippen molar-refractivity contribution in [1.29, 1.82) is 0 Å². The second-order valence-corrected chi connectivity index (χ2v) is 4.24. The topological polar surface area (TPSA) is 65.8 Å². The number of para-hydroxylation sites is 1. The van der Waals surface area contributed by atoms with Crippen LogP contribution in [0.5, 0.6) is 0 Å². The summed E-state index contributed by atoms with van der Waals surface area (Å²) in [5.41, 5.74) is 2.40. The Bertz CT molecular complexity index is 768. The molecule has 6 nitrogen and oxygen atoms in total. The van der Waals surface area contributed by atoms with Crippen molar-refractivity contribution in [2.24, 2.45) is 7.05 Å². The lowest BCUT2D eigenvalue weighted by Crippen LogP contribution is -2.09. The average Bonchev–Trinajstić information content (AvgIpc) is 2.95. The third kappa shape index (κ3) is 1.97. The number of hydrogen-bond donors (Lipinski definition) is 0. The highest BCUT2D eigenvalue weighted by Gasteiger charge is 2.15. The van der Waals surface area contributed by atoms with Crippen LogP contribution >= 0.6 is 0 Å². The molecular formula is C13H12N4O2. The van der Waals surface area contributed by atoms with Gasteiger partial charge in [0.25, 0.3) is 5.89 Å². The van der Waals surface area contributed by atoms with Crippen LogP contribution in [-0.4, -0.2) is 19.6 Å². The second-order valence-electron chi connectivity index (χ2n) is 4.24. The Labute approximate surface area is 108 Å². The smallest absolute Gasteiger partial charge is 0.386 e. The van der Waals surface area contributed by atoms with Crippen LogP contribution in [0.4, 0.5) is 0 Å². The van der Waals surface area contributed by atoms with E-state index in [1.165, 1.54) is 0 Å². The third-order valence-electron chi connectivity index (χ3n) is 2.81. The molecule has 0 fully saturated rings. The van der Waals surface area contributed by atoms with E-state index in [4.69, 9.17) is 4.42 Å². The largest absolute Gasteiger partial charge is 0.437 e. The van der Waals surface area contributed by atoms with E-state index in [-0.39, 0.29) is 5.89 Å². The van der Waals surface area contributed by atoms with E-state index in [1.807, 2.05) is 43.5 Å².